The van der Waals surface area contributed by atoms with Crippen LogP contribution in [0.2, 0.25) is 0 Å². The van der Waals surface area contributed by atoms with Crippen LogP contribution in [0.5, 0.6) is 0 Å². The first kappa shape index (κ1) is 13.4. The van der Waals surface area contributed by atoms with Gasteiger partial charge in [-0.2, -0.15) is 0 Å². The van der Waals surface area contributed by atoms with E-state index in [9.17, 15) is 8.42 Å². The van der Waals surface area contributed by atoms with Gasteiger partial charge in [0.05, 0.1) is 6.54 Å². The molecular weight excluding hydrogens is 286 g/mol. The highest BCUT2D eigenvalue weighted by molar-refractivity contribution is 7.93. The van der Waals surface area contributed by atoms with Gasteiger partial charge in [0.1, 0.15) is 4.90 Å². The van der Waals surface area contributed by atoms with Crippen LogP contribution in [-0.4, -0.2) is 29.8 Å². The summed E-state index contributed by atoms with van der Waals surface area (Å²) >= 11 is 0.850. The van der Waals surface area contributed by atoms with Gasteiger partial charge in [-0.05, 0) is 17.3 Å². The minimum Gasteiger partial charge on any atom is -0.320 e. The Labute approximate surface area is 114 Å². The van der Waals surface area contributed by atoms with Gasteiger partial charge in [-0.25, -0.2) is 8.42 Å². The van der Waals surface area contributed by atoms with Crippen LogP contribution in [0.15, 0.2) is 29.2 Å². The summed E-state index contributed by atoms with van der Waals surface area (Å²) in [5.41, 5.74) is 5.65. The lowest BCUT2D eigenvalue weighted by atomic mass is 10.2. The van der Waals surface area contributed by atoms with Crippen molar-refractivity contribution in [1.29, 1.82) is 0 Å². The molecule has 9 heteroatoms. The van der Waals surface area contributed by atoms with Gasteiger partial charge >= 0.3 is 0 Å². The molecule has 0 unspecified atom stereocenters. The number of hydrogen-bond acceptors (Lipinski definition) is 7. The molecule has 98 valence electrons. The Balaban J connectivity index is 2.40. The Morgan fingerprint density at radius 2 is 2.16 bits per heavy atom. The van der Waals surface area contributed by atoms with E-state index in [1.165, 1.54) is 6.07 Å². The molecule has 0 saturated heterocycles. The van der Waals surface area contributed by atoms with Gasteiger partial charge in [0.2, 0.25) is 5.13 Å². The van der Waals surface area contributed by atoms with E-state index in [2.05, 4.69) is 31.4 Å². The van der Waals surface area contributed by atoms with E-state index in [4.69, 9.17) is 5.73 Å². The normalized spacial score (nSPS) is 10.6. The van der Waals surface area contributed by atoms with E-state index in [1.807, 2.05) is 0 Å². The van der Waals surface area contributed by atoms with Crippen molar-refractivity contribution in [2.75, 3.05) is 11.3 Å². The van der Waals surface area contributed by atoms with Gasteiger partial charge in [0.15, 0.2) is 0 Å². The predicted octanol–water partition coefficient (Wildman–Crippen LogP) is 0.0441. The zero-order valence-corrected chi connectivity index (χ0v) is 11.2. The molecule has 0 atom stereocenters. The molecule has 0 radical (unpaired) electrons. The average molecular weight is 295 g/mol. The number of nitrogens with zero attached hydrogens (tertiary/aromatic N) is 3. The summed E-state index contributed by atoms with van der Waals surface area (Å²) in [5.74, 6) is 5.34. The van der Waals surface area contributed by atoms with Gasteiger partial charge in [-0.3, -0.25) is 4.72 Å². The van der Waals surface area contributed by atoms with E-state index in [-0.39, 0.29) is 16.6 Å². The molecule has 2 aromatic rings. The topological polar surface area (TPSA) is 111 Å². The third-order valence-corrected chi connectivity index (χ3v) is 4.06. The van der Waals surface area contributed by atoms with Crippen LogP contribution in [0.1, 0.15) is 5.56 Å². The molecule has 1 heterocycles. The highest BCUT2D eigenvalue weighted by Crippen LogP contribution is 2.18. The summed E-state index contributed by atoms with van der Waals surface area (Å²) < 4.78 is 30.1. The molecule has 0 bridgehead atoms. The molecular formula is C10H9N5O2S2. The number of nitrogens with one attached hydrogen (secondary N) is 1. The summed E-state index contributed by atoms with van der Waals surface area (Å²) in [4.78, 5) is 0.0613. The van der Waals surface area contributed by atoms with Crippen molar-refractivity contribution >= 4 is 26.7 Å². The van der Waals surface area contributed by atoms with Gasteiger partial charge in [0, 0.05) is 17.1 Å². The molecule has 1 aromatic carbocycles. The van der Waals surface area contributed by atoms with Crippen molar-refractivity contribution in [3.8, 4) is 11.8 Å². The van der Waals surface area contributed by atoms with E-state index < -0.39 is 10.0 Å². The lowest BCUT2D eigenvalue weighted by Crippen LogP contribution is -2.14. The summed E-state index contributed by atoms with van der Waals surface area (Å²) in [6.45, 7) is 0.155. The van der Waals surface area contributed by atoms with E-state index in [1.54, 1.807) is 18.2 Å². The van der Waals surface area contributed by atoms with Crippen LogP contribution in [0.3, 0.4) is 0 Å². The van der Waals surface area contributed by atoms with Gasteiger partial charge < -0.3 is 5.73 Å². The molecule has 2 rings (SSSR count). The first-order valence-electron chi connectivity index (χ1n) is 5.09. The number of rotatable bonds is 3. The van der Waals surface area contributed by atoms with Crippen molar-refractivity contribution in [1.82, 2.24) is 14.8 Å². The largest absolute Gasteiger partial charge is 0.320 e. The number of anilines is 1. The third-order valence-electron chi connectivity index (χ3n) is 2.02. The maximum atomic E-state index is 12.2. The third kappa shape index (κ3) is 3.25. The Kier molecular flexibility index (Phi) is 4.06. The summed E-state index contributed by atoms with van der Waals surface area (Å²) in [6, 6.07) is 6.37. The van der Waals surface area contributed by atoms with Crippen LogP contribution in [0.25, 0.3) is 0 Å². The number of benzene rings is 1. The van der Waals surface area contributed by atoms with Crippen LogP contribution in [-0.2, 0) is 10.0 Å². The van der Waals surface area contributed by atoms with Gasteiger partial charge in [-0.1, -0.05) is 33.6 Å². The Morgan fingerprint density at radius 1 is 1.37 bits per heavy atom. The number of sulfonamides is 1. The van der Waals surface area contributed by atoms with Gasteiger partial charge in [-0.15, -0.1) is 0 Å². The molecule has 0 aliphatic heterocycles. The van der Waals surface area contributed by atoms with Crippen molar-refractivity contribution in [2.45, 2.75) is 4.90 Å². The second kappa shape index (κ2) is 5.75. The standard InChI is InChI=1S/C10H9N5O2S2/c11-7-3-5-8-4-1-2-6-9(8)19(16,17)13-10-12-14-15-18-10/h1-2,4,6H,7,11H2,(H,12,13,15). The SMILES string of the molecule is NCC#Cc1ccccc1S(=O)(=O)Nc1nnns1. The maximum absolute atomic E-state index is 12.2. The van der Waals surface area contributed by atoms with Gasteiger partial charge in [0.25, 0.3) is 10.0 Å². The predicted molar refractivity (Wildman–Crippen MR) is 70.9 cm³/mol. The molecule has 0 amide bonds. The van der Waals surface area contributed by atoms with Crippen LogP contribution < -0.4 is 10.5 Å². The van der Waals surface area contributed by atoms with Crippen molar-refractivity contribution < 1.29 is 8.42 Å². The molecule has 0 fully saturated rings. The van der Waals surface area contributed by atoms with E-state index >= 15 is 0 Å². The highest BCUT2D eigenvalue weighted by atomic mass is 32.2. The number of hydrogen-bond donors (Lipinski definition) is 2. The molecule has 3 N–H and O–H groups in total. The second-order valence-corrected chi connectivity index (χ2v) is 5.66. The molecule has 7 nitrogen and oxygen atoms in total. The van der Waals surface area contributed by atoms with Crippen molar-refractivity contribution in [3.63, 3.8) is 0 Å². The smallest absolute Gasteiger partial charge is 0.264 e. The molecule has 1 aromatic heterocycles. The Bertz CT molecular complexity index is 716. The van der Waals surface area contributed by atoms with Crippen LogP contribution in [0, 0.1) is 11.8 Å². The van der Waals surface area contributed by atoms with E-state index in [0.29, 0.717) is 5.56 Å². The minimum atomic E-state index is -3.77. The molecule has 19 heavy (non-hydrogen) atoms. The summed E-state index contributed by atoms with van der Waals surface area (Å²) in [7, 11) is -3.77. The zero-order valence-electron chi connectivity index (χ0n) is 9.57. The lowest BCUT2D eigenvalue weighted by Gasteiger charge is -2.06. The first-order valence-corrected chi connectivity index (χ1v) is 7.35. The zero-order chi connectivity index (χ0) is 13.7. The Hall–Kier alpha value is -2.02. The average Bonchev–Trinajstić information content (AvgIpc) is 2.88. The maximum Gasteiger partial charge on any atom is 0.264 e. The fourth-order valence-electron chi connectivity index (χ4n) is 1.29. The molecule has 0 spiro atoms. The van der Waals surface area contributed by atoms with Crippen LogP contribution in [0.4, 0.5) is 5.13 Å². The fraction of sp³-hybridized carbons (Fsp3) is 0.100. The van der Waals surface area contributed by atoms with Crippen molar-refractivity contribution in [3.05, 3.63) is 29.8 Å². The Morgan fingerprint density at radius 3 is 2.84 bits per heavy atom. The number of aromatic nitrogens is 3. The minimum absolute atomic E-state index is 0.0613. The summed E-state index contributed by atoms with van der Waals surface area (Å²) in [5, 5.41) is 6.95. The van der Waals surface area contributed by atoms with Crippen molar-refractivity contribution in [2.24, 2.45) is 5.73 Å². The lowest BCUT2D eigenvalue weighted by molar-refractivity contribution is 0.601. The quantitative estimate of drug-likeness (QED) is 0.774. The second-order valence-electron chi connectivity index (χ2n) is 3.28. The summed E-state index contributed by atoms with van der Waals surface area (Å²) in [6.07, 6.45) is 0. The van der Waals surface area contributed by atoms with E-state index in [0.717, 1.165) is 11.5 Å². The number of nitrogens with two attached hydrogens (primary N) is 1. The molecule has 0 saturated carbocycles. The monoisotopic (exact) mass is 295 g/mol. The molecule has 0 aliphatic carbocycles. The highest BCUT2D eigenvalue weighted by Gasteiger charge is 2.19. The first-order chi connectivity index (χ1) is 9.13. The fourth-order valence-corrected chi connectivity index (χ4v) is 3.04. The van der Waals surface area contributed by atoms with Crippen LogP contribution >= 0.6 is 11.5 Å². The molecule has 0 aliphatic rings.